The minimum atomic E-state index is -3.60. The number of thiazole rings is 1. The van der Waals surface area contributed by atoms with Gasteiger partial charge in [0.15, 0.2) is 0 Å². The number of thiophene rings is 2. The van der Waals surface area contributed by atoms with Gasteiger partial charge in [0.05, 0.1) is 16.1 Å². The van der Waals surface area contributed by atoms with Crippen molar-refractivity contribution in [2.75, 3.05) is 25.0 Å². The van der Waals surface area contributed by atoms with Gasteiger partial charge in [-0.15, -0.1) is 34.0 Å². The van der Waals surface area contributed by atoms with E-state index in [1.165, 1.54) is 31.6 Å². The standard InChI is InChI=1S/C31H30N4O3S4/c36-29(22-10-6-15-35(19-22)42(37,38)27-13-7-17-39-27)33-31-28(30-32-24-11-4-5-12-25(24)40-30)23-14-16-34(20-26(23)41-31)18-21-8-2-1-3-9-21/h1-5,7-9,11-13,17,22H,6,10,14-16,18-20H2,(H,33,36). The van der Waals surface area contributed by atoms with Crippen LogP contribution in [-0.4, -0.2) is 48.1 Å². The van der Waals surface area contributed by atoms with E-state index in [2.05, 4.69) is 40.5 Å². The maximum atomic E-state index is 13.7. The number of carbonyl (C=O) groups is 1. The largest absolute Gasteiger partial charge is 0.317 e. The number of nitrogens with zero attached hydrogens (tertiary/aromatic N) is 3. The summed E-state index contributed by atoms with van der Waals surface area (Å²) in [6.07, 6.45) is 2.20. The van der Waals surface area contributed by atoms with E-state index in [-0.39, 0.29) is 12.5 Å². The molecule has 5 aromatic rings. The van der Waals surface area contributed by atoms with E-state index in [4.69, 9.17) is 4.98 Å². The molecule has 0 radical (unpaired) electrons. The lowest BCUT2D eigenvalue weighted by Crippen LogP contribution is -2.43. The molecule has 2 aliphatic heterocycles. The van der Waals surface area contributed by atoms with Gasteiger partial charge in [0.25, 0.3) is 10.0 Å². The second-order valence-corrected chi connectivity index (χ2v) is 16.0. The number of rotatable bonds is 7. The molecule has 7 rings (SSSR count). The van der Waals surface area contributed by atoms with E-state index in [0.717, 1.165) is 51.8 Å². The van der Waals surface area contributed by atoms with Crippen molar-refractivity contribution in [3.05, 3.63) is 88.1 Å². The second kappa shape index (κ2) is 11.6. The Morgan fingerprint density at radius 2 is 1.83 bits per heavy atom. The van der Waals surface area contributed by atoms with Crippen LogP contribution < -0.4 is 5.32 Å². The highest BCUT2D eigenvalue weighted by atomic mass is 32.2. The normalized spacial score (nSPS) is 18.2. The summed E-state index contributed by atoms with van der Waals surface area (Å²) in [4.78, 5) is 22.4. The summed E-state index contributed by atoms with van der Waals surface area (Å²) in [5.74, 6) is -0.534. The van der Waals surface area contributed by atoms with Crippen molar-refractivity contribution in [3.63, 3.8) is 0 Å². The number of fused-ring (bicyclic) bond motifs is 2. The number of piperidine rings is 1. The summed E-state index contributed by atoms with van der Waals surface area (Å²) in [5, 5.41) is 6.77. The van der Waals surface area contributed by atoms with Gasteiger partial charge in [0.2, 0.25) is 5.91 Å². The van der Waals surface area contributed by atoms with Gasteiger partial charge in [-0.3, -0.25) is 9.69 Å². The van der Waals surface area contributed by atoms with Crippen molar-refractivity contribution in [1.82, 2.24) is 14.2 Å². The third-order valence-electron chi connectivity index (χ3n) is 7.97. The molecule has 0 saturated carbocycles. The number of hydrogen-bond donors (Lipinski definition) is 1. The molecule has 1 fully saturated rings. The molecule has 0 aliphatic carbocycles. The summed E-state index contributed by atoms with van der Waals surface area (Å²) in [5.41, 5.74) is 4.54. The maximum Gasteiger partial charge on any atom is 0.252 e. The highest BCUT2D eigenvalue weighted by Gasteiger charge is 2.35. The van der Waals surface area contributed by atoms with Crippen LogP contribution in [0.5, 0.6) is 0 Å². The van der Waals surface area contributed by atoms with Crippen LogP contribution in [0.1, 0.15) is 28.8 Å². The van der Waals surface area contributed by atoms with Crippen molar-refractivity contribution in [3.8, 4) is 10.6 Å². The fraction of sp³-hybridized carbons (Fsp3) is 0.290. The fourth-order valence-electron chi connectivity index (χ4n) is 5.85. The van der Waals surface area contributed by atoms with Gasteiger partial charge in [0, 0.05) is 43.2 Å². The highest BCUT2D eigenvalue weighted by Crippen LogP contribution is 2.46. The van der Waals surface area contributed by atoms with Gasteiger partial charge in [-0.1, -0.05) is 48.5 Å². The predicted octanol–water partition coefficient (Wildman–Crippen LogP) is 6.68. The Morgan fingerprint density at radius 1 is 1.00 bits per heavy atom. The summed E-state index contributed by atoms with van der Waals surface area (Å²) in [6, 6.07) is 22.0. The average molecular weight is 635 g/mol. The maximum absolute atomic E-state index is 13.7. The Morgan fingerprint density at radius 3 is 2.64 bits per heavy atom. The molecular weight excluding hydrogens is 605 g/mol. The lowest BCUT2D eigenvalue weighted by molar-refractivity contribution is -0.120. The first kappa shape index (κ1) is 27.9. The Labute approximate surface area is 257 Å². The van der Waals surface area contributed by atoms with Crippen LogP contribution in [0.2, 0.25) is 0 Å². The van der Waals surface area contributed by atoms with Crippen molar-refractivity contribution < 1.29 is 13.2 Å². The molecule has 0 bridgehead atoms. The topological polar surface area (TPSA) is 82.6 Å². The number of para-hydroxylation sites is 1. The minimum absolute atomic E-state index is 0.122. The third kappa shape index (κ3) is 5.45. The van der Waals surface area contributed by atoms with Crippen molar-refractivity contribution in [2.24, 2.45) is 5.92 Å². The molecule has 11 heteroatoms. The molecule has 1 N–H and O–H groups in total. The smallest absolute Gasteiger partial charge is 0.252 e. The summed E-state index contributed by atoms with van der Waals surface area (Å²) >= 11 is 4.51. The molecule has 1 amide bonds. The first-order chi connectivity index (χ1) is 20.5. The number of amides is 1. The van der Waals surface area contributed by atoms with Gasteiger partial charge in [-0.05, 0) is 54.0 Å². The first-order valence-corrected chi connectivity index (χ1v) is 18.0. The lowest BCUT2D eigenvalue weighted by Gasteiger charge is -2.30. The van der Waals surface area contributed by atoms with E-state index < -0.39 is 15.9 Å². The lowest BCUT2D eigenvalue weighted by atomic mass is 9.98. The van der Waals surface area contributed by atoms with E-state index in [1.54, 1.807) is 40.2 Å². The van der Waals surface area contributed by atoms with Gasteiger partial charge < -0.3 is 5.32 Å². The number of nitrogens with one attached hydrogen (secondary N) is 1. The van der Waals surface area contributed by atoms with Gasteiger partial charge in [-0.2, -0.15) is 4.31 Å². The van der Waals surface area contributed by atoms with Crippen LogP contribution in [0.4, 0.5) is 5.00 Å². The Balaban J connectivity index is 1.17. The second-order valence-electron chi connectivity index (χ2n) is 10.8. The Kier molecular flexibility index (Phi) is 7.72. The molecule has 42 heavy (non-hydrogen) atoms. The third-order valence-corrected chi connectivity index (χ3v) is 13.4. The summed E-state index contributed by atoms with van der Waals surface area (Å²) in [7, 11) is -3.60. The number of hydrogen-bond acceptors (Lipinski definition) is 8. The van der Waals surface area contributed by atoms with Crippen LogP contribution >= 0.6 is 34.0 Å². The Bertz CT molecular complexity index is 1800. The first-order valence-electron chi connectivity index (χ1n) is 14.1. The van der Waals surface area contributed by atoms with E-state index in [0.29, 0.717) is 23.6 Å². The SMILES string of the molecule is O=C(Nc1sc2c(c1-c1nc3ccccc3s1)CCN(Cc1ccccc1)C2)C1CCCN(S(=O)(=O)c2cccs2)C1. The van der Waals surface area contributed by atoms with E-state index in [9.17, 15) is 13.2 Å². The summed E-state index contributed by atoms with van der Waals surface area (Å²) in [6.45, 7) is 3.26. The van der Waals surface area contributed by atoms with E-state index >= 15 is 0 Å². The minimum Gasteiger partial charge on any atom is -0.317 e. The molecule has 216 valence electrons. The average Bonchev–Trinajstić information content (AvgIpc) is 3.76. The van der Waals surface area contributed by atoms with Gasteiger partial charge in [-0.25, -0.2) is 13.4 Å². The zero-order valence-electron chi connectivity index (χ0n) is 22.9. The van der Waals surface area contributed by atoms with Crippen LogP contribution in [0.3, 0.4) is 0 Å². The number of benzene rings is 2. The number of carbonyl (C=O) groups excluding carboxylic acids is 1. The molecule has 3 aromatic heterocycles. The van der Waals surface area contributed by atoms with Gasteiger partial charge in [0.1, 0.15) is 14.2 Å². The molecule has 0 spiro atoms. The van der Waals surface area contributed by atoms with Crippen LogP contribution in [0.25, 0.3) is 20.8 Å². The van der Waals surface area contributed by atoms with E-state index in [1.807, 2.05) is 24.3 Å². The van der Waals surface area contributed by atoms with Crippen molar-refractivity contribution in [1.29, 1.82) is 0 Å². The fourth-order valence-corrected chi connectivity index (χ4v) is 10.9. The zero-order chi connectivity index (χ0) is 28.7. The number of aromatic nitrogens is 1. The van der Waals surface area contributed by atoms with Crippen LogP contribution in [-0.2, 0) is 34.3 Å². The monoisotopic (exact) mass is 634 g/mol. The highest BCUT2D eigenvalue weighted by molar-refractivity contribution is 7.91. The van der Waals surface area contributed by atoms with Gasteiger partial charge >= 0.3 is 0 Å². The molecule has 5 heterocycles. The number of sulfonamides is 1. The summed E-state index contributed by atoms with van der Waals surface area (Å²) < 4.78 is 29.3. The molecule has 1 atom stereocenters. The molecule has 7 nitrogen and oxygen atoms in total. The molecule has 1 unspecified atom stereocenters. The molecule has 1 saturated heterocycles. The zero-order valence-corrected chi connectivity index (χ0v) is 26.1. The Hall–Kier alpha value is -2.93. The van der Waals surface area contributed by atoms with Crippen molar-refractivity contribution >= 4 is 65.2 Å². The van der Waals surface area contributed by atoms with Crippen LogP contribution in [0, 0.1) is 5.92 Å². The molecular formula is C31H30N4O3S4. The molecule has 2 aliphatic rings. The molecule has 2 aromatic carbocycles. The quantitative estimate of drug-likeness (QED) is 0.216. The van der Waals surface area contributed by atoms with Crippen LogP contribution in [0.15, 0.2) is 76.3 Å². The predicted molar refractivity (Wildman–Crippen MR) is 172 cm³/mol. The van der Waals surface area contributed by atoms with Crippen molar-refractivity contribution in [2.45, 2.75) is 36.6 Å². The number of anilines is 1.